The first kappa shape index (κ1) is 22.5. The quantitative estimate of drug-likeness (QED) is 0.466. The summed E-state index contributed by atoms with van der Waals surface area (Å²) in [5, 5.41) is 25.2. The summed E-state index contributed by atoms with van der Waals surface area (Å²) in [6, 6.07) is 5.94. The van der Waals surface area contributed by atoms with Crippen molar-refractivity contribution in [1.82, 2.24) is 15.6 Å². The molecule has 4 N–H and O–H groups in total. The number of amides is 1. The Bertz CT molecular complexity index is 923. The van der Waals surface area contributed by atoms with Crippen molar-refractivity contribution in [2.24, 2.45) is 4.99 Å². The Labute approximate surface area is 182 Å². The molecule has 1 aromatic heterocycles. The van der Waals surface area contributed by atoms with Crippen molar-refractivity contribution < 1.29 is 24.2 Å². The van der Waals surface area contributed by atoms with Gasteiger partial charge in [-0.15, -0.1) is 4.99 Å². The molecule has 31 heavy (non-hydrogen) atoms. The van der Waals surface area contributed by atoms with E-state index in [1.54, 1.807) is 32.3 Å². The van der Waals surface area contributed by atoms with Crippen LogP contribution in [0.4, 0.5) is 0 Å². The lowest BCUT2D eigenvalue weighted by Crippen LogP contribution is -2.52. The van der Waals surface area contributed by atoms with E-state index in [0.29, 0.717) is 43.5 Å². The summed E-state index contributed by atoms with van der Waals surface area (Å²) < 4.78 is 6.15. The molecule has 0 spiro atoms. The van der Waals surface area contributed by atoms with E-state index in [-0.39, 0.29) is 16.1 Å². The molecule has 3 atom stereocenters. The predicted molar refractivity (Wildman–Crippen MR) is 116 cm³/mol. The molecule has 166 valence electrons. The highest BCUT2D eigenvalue weighted by Crippen LogP contribution is 2.31. The average Bonchev–Trinajstić information content (AvgIpc) is 2.99. The summed E-state index contributed by atoms with van der Waals surface area (Å²) in [7, 11) is 3.55. The van der Waals surface area contributed by atoms with E-state index >= 15 is 0 Å². The number of aliphatic hydroxyl groups excluding tert-OH is 2. The first-order valence-corrected chi connectivity index (χ1v) is 10.3. The number of pyridine rings is 1. The van der Waals surface area contributed by atoms with Crippen LogP contribution < -0.4 is 10.6 Å². The van der Waals surface area contributed by atoms with Gasteiger partial charge in [0.2, 0.25) is 11.5 Å². The van der Waals surface area contributed by atoms with Gasteiger partial charge in [0.05, 0.1) is 24.6 Å². The molecule has 1 aliphatic heterocycles. The summed E-state index contributed by atoms with van der Waals surface area (Å²) in [5.41, 5.74) is 1.17. The summed E-state index contributed by atoms with van der Waals surface area (Å²) >= 11 is 0. The van der Waals surface area contributed by atoms with Gasteiger partial charge in [-0.25, -0.2) is 0 Å². The average molecular weight is 429 g/mol. The van der Waals surface area contributed by atoms with Crippen molar-refractivity contribution in [3.05, 3.63) is 65.6 Å². The van der Waals surface area contributed by atoms with Gasteiger partial charge in [-0.2, -0.15) is 4.48 Å². The summed E-state index contributed by atoms with van der Waals surface area (Å²) in [5.74, 6) is 0.332. The molecule has 0 bridgehead atoms. The van der Waals surface area contributed by atoms with Crippen LogP contribution in [0.1, 0.15) is 25.5 Å². The minimum absolute atomic E-state index is 0.0253. The summed E-state index contributed by atoms with van der Waals surface area (Å²) in [6.45, 7) is 2.36. The second kappa shape index (κ2) is 9.76. The Hall–Kier alpha value is -3.17. The third-order valence-corrected chi connectivity index (χ3v) is 5.13. The van der Waals surface area contributed by atoms with Gasteiger partial charge in [0.1, 0.15) is 12.6 Å². The monoisotopic (exact) mass is 428 g/mol. The number of hydrogen-bond acceptors (Lipinski definition) is 7. The molecule has 0 radical (unpaired) electrons. The van der Waals surface area contributed by atoms with Crippen molar-refractivity contribution >= 4 is 11.9 Å². The SMILES string of the molecule is CNC1=C(C(=O)NCCC(C)O)[N+](C)(Cc2ccccn2)C(OC2C=CC=C(O)C2)=N1. The van der Waals surface area contributed by atoms with Gasteiger partial charge < -0.3 is 25.6 Å². The predicted octanol–water partition coefficient (Wildman–Crippen LogP) is 1.46. The van der Waals surface area contributed by atoms with Gasteiger partial charge in [0.15, 0.2) is 0 Å². The van der Waals surface area contributed by atoms with E-state index in [1.165, 1.54) is 0 Å². The Morgan fingerprint density at radius 1 is 1.42 bits per heavy atom. The topological polar surface area (TPSA) is 116 Å². The summed E-state index contributed by atoms with van der Waals surface area (Å²) in [6.07, 6.45) is 6.75. The number of carbonyl (C=O) groups excluding carboxylic acids is 1. The van der Waals surface area contributed by atoms with Crippen LogP contribution in [0.2, 0.25) is 0 Å². The van der Waals surface area contributed by atoms with E-state index in [0.717, 1.165) is 5.69 Å². The molecular weight excluding hydrogens is 398 g/mol. The zero-order valence-electron chi connectivity index (χ0n) is 18.1. The van der Waals surface area contributed by atoms with Gasteiger partial charge in [0.25, 0.3) is 0 Å². The molecule has 1 aliphatic carbocycles. The number of likely N-dealkylation sites (N-methyl/N-ethyl adjacent to an activating group) is 1. The fourth-order valence-electron chi connectivity index (χ4n) is 3.53. The Morgan fingerprint density at radius 3 is 2.87 bits per heavy atom. The van der Waals surface area contributed by atoms with Crippen LogP contribution >= 0.6 is 0 Å². The Balaban J connectivity index is 1.90. The lowest BCUT2D eigenvalue weighted by Gasteiger charge is -2.31. The molecule has 2 heterocycles. The number of hydrogen-bond donors (Lipinski definition) is 4. The number of nitrogens with zero attached hydrogens (tertiary/aromatic N) is 3. The van der Waals surface area contributed by atoms with E-state index < -0.39 is 12.2 Å². The highest BCUT2D eigenvalue weighted by molar-refractivity contribution is 5.96. The number of aliphatic imine (C=N–C) groups is 1. The molecule has 9 heteroatoms. The Kier molecular flexibility index (Phi) is 7.09. The van der Waals surface area contributed by atoms with E-state index in [2.05, 4.69) is 20.6 Å². The van der Waals surface area contributed by atoms with Crippen LogP contribution in [0.25, 0.3) is 0 Å². The van der Waals surface area contributed by atoms with Gasteiger partial charge >= 0.3 is 11.9 Å². The molecule has 3 rings (SSSR count). The number of aromatic nitrogens is 1. The van der Waals surface area contributed by atoms with Crippen LogP contribution in [0.15, 0.2) is 64.9 Å². The lowest BCUT2D eigenvalue weighted by atomic mass is 10.1. The largest absolute Gasteiger partial charge is 0.512 e. The van der Waals surface area contributed by atoms with Crippen LogP contribution in [0.5, 0.6) is 0 Å². The zero-order valence-corrected chi connectivity index (χ0v) is 18.1. The van der Waals surface area contributed by atoms with Gasteiger partial charge in [-0.05, 0) is 37.6 Å². The molecule has 2 aliphatic rings. The minimum atomic E-state index is -0.509. The molecule has 1 amide bonds. The second-order valence-corrected chi connectivity index (χ2v) is 7.81. The first-order valence-electron chi connectivity index (χ1n) is 10.3. The standard InChI is InChI=1S/C22H29N5O4/c1-15(28)10-12-25-21(30)19-20(23-2)26-22(31-18-9-6-8-17(29)13-18)27(19,3)14-16-7-4-5-11-24-16/h4-9,11,15,18,28H,10,12-14H2,1-3H3,(H2-,23,25,29,30)/p+1. The molecule has 0 saturated heterocycles. The van der Waals surface area contributed by atoms with Crippen molar-refractivity contribution in [3.8, 4) is 0 Å². The van der Waals surface area contributed by atoms with Crippen molar-refractivity contribution in [3.63, 3.8) is 0 Å². The number of aliphatic hydroxyl groups is 2. The van der Waals surface area contributed by atoms with Crippen molar-refractivity contribution in [1.29, 1.82) is 0 Å². The van der Waals surface area contributed by atoms with E-state index in [1.807, 2.05) is 31.3 Å². The normalized spacial score (nSPS) is 23.8. The number of amidine groups is 1. The number of nitrogens with one attached hydrogen (secondary N) is 2. The van der Waals surface area contributed by atoms with E-state index in [9.17, 15) is 15.0 Å². The molecule has 3 unspecified atom stereocenters. The van der Waals surface area contributed by atoms with Gasteiger partial charge in [-0.1, -0.05) is 12.1 Å². The fraction of sp³-hybridized carbons (Fsp3) is 0.409. The van der Waals surface area contributed by atoms with Gasteiger partial charge in [-0.3, -0.25) is 9.78 Å². The number of ether oxygens (including phenoxy) is 1. The van der Waals surface area contributed by atoms with Crippen LogP contribution in [-0.2, 0) is 16.1 Å². The lowest BCUT2D eigenvalue weighted by molar-refractivity contribution is -0.798. The highest BCUT2D eigenvalue weighted by Gasteiger charge is 2.49. The fourth-order valence-corrected chi connectivity index (χ4v) is 3.53. The van der Waals surface area contributed by atoms with Crippen LogP contribution in [0, 0.1) is 0 Å². The third-order valence-electron chi connectivity index (χ3n) is 5.13. The van der Waals surface area contributed by atoms with Crippen molar-refractivity contribution in [2.45, 2.75) is 38.5 Å². The van der Waals surface area contributed by atoms with Crippen molar-refractivity contribution in [2.75, 3.05) is 20.6 Å². The Morgan fingerprint density at radius 2 is 2.23 bits per heavy atom. The molecule has 0 aromatic carbocycles. The number of quaternary nitrogens is 1. The molecule has 9 nitrogen and oxygen atoms in total. The molecular formula is C22H30N5O4+. The maximum Gasteiger partial charge on any atom is 0.407 e. The van der Waals surface area contributed by atoms with Gasteiger partial charge in [0, 0.05) is 26.2 Å². The zero-order chi connectivity index (χ0) is 22.4. The highest BCUT2D eigenvalue weighted by atomic mass is 16.5. The smallest absolute Gasteiger partial charge is 0.407 e. The number of rotatable bonds is 8. The van der Waals surface area contributed by atoms with Crippen LogP contribution in [-0.4, -0.2) is 64.5 Å². The minimum Gasteiger partial charge on any atom is -0.512 e. The molecule has 0 saturated carbocycles. The number of carbonyl (C=O) groups is 1. The maximum absolute atomic E-state index is 13.2. The maximum atomic E-state index is 13.2. The molecule has 1 aromatic rings. The summed E-state index contributed by atoms with van der Waals surface area (Å²) in [4.78, 5) is 22.2. The first-order chi connectivity index (χ1) is 14.8. The van der Waals surface area contributed by atoms with E-state index in [4.69, 9.17) is 4.74 Å². The molecule has 0 fully saturated rings. The number of allylic oxidation sites excluding steroid dienone is 2. The van der Waals surface area contributed by atoms with Crippen LogP contribution in [0.3, 0.4) is 0 Å². The third kappa shape index (κ3) is 5.31. The second-order valence-electron chi connectivity index (χ2n) is 7.81.